The van der Waals surface area contributed by atoms with Crippen LogP contribution in [0, 0.1) is 0 Å². The van der Waals surface area contributed by atoms with Crippen molar-refractivity contribution in [3.63, 3.8) is 0 Å². The number of nitrogens with zero attached hydrogens (tertiary/aromatic N) is 1. The van der Waals surface area contributed by atoms with Crippen LogP contribution in [0.15, 0.2) is 246 Å². The van der Waals surface area contributed by atoms with Crippen molar-refractivity contribution in [2.45, 2.75) is 20.6 Å². The van der Waals surface area contributed by atoms with Gasteiger partial charge in [-0.2, -0.15) is 0 Å². The van der Waals surface area contributed by atoms with E-state index in [1.807, 2.05) is 23.1 Å². The molecule has 0 fully saturated rings. The largest absolute Gasteiger partial charge is 0.309 e. The summed E-state index contributed by atoms with van der Waals surface area (Å²) < 4.78 is 2.57. The van der Waals surface area contributed by atoms with E-state index in [9.17, 15) is 0 Å². The van der Waals surface area contributed by atoms with Gasteiger partial charge in [0, 0.05) is 41.2 Å². The van der Waals surface area contributed by atoms with Crippen molar-refractivity contribution in [3.8, 4) is 22.3 Å². The lowest BCUT2D eigenvalue weighted by atomic mass is 9.67. The molecule has 1 spiro atoms. The predicted molar refractivity (Wildman–Crippen MR) is 273 cm³/mol. The summed E-state index contributed by atoms with van der Waals surface area (Å²) in [5, 5.41) is 2.55. The van der Waals surface area contributed by atoms with Gasteiger partial charge in [0.15, 0.2) is 0 Å². The number of hydrogen-bond acceptors (Lipinski definition) is 3. The molecule has 1 aromatic heterocycles. The van der Waals surface area contributed by atoms with Gasteiger partial charge in [0.25, 0.3) is 0 Å². The predicted octanol–water partition coefficient (Wildman–Crippen LogP) is 16.7. The van der Waals surface area contributed by atoms with Crippen LogP contribution in [0.1, 0.15) is 44.5 Å². The highest BCUT2D eigenvalue weighted by Crippen LogP contribution is 2.64. The van der Waals surface area contributed by atoms with Crippen molar-refractivity contribution < 1.29 is 0 Å². The summed E-state index contributed by atoms with van der Waals surface area (Å²) in [7, 11) is 0. The topological polar surface area (TPSA) is 3.24 Å². The van der Waals surface area contributed by atoms with Gasteiger partial charge in [-0.25, -0.2) is 0 Å². The van der Waals surface area contributed by atoms with Gasteiger partial charge in [-0.1, -0.05) is 200 Å². The standard InChI is InChI=1S/C62H39NS2/c1-3-19-40(20-4-1)61(41-21-5-2-6-22-41)48-28-11-9-25-45(48)46-27-17-33-54(60(46)61)63(53-32-18-36-58-59(53)47-26-10-15-34-55(47)64-58)42-37-38-57-52(39-42)62(51-31-14-16-35-56(51)65-57)49-29-12-7-23-43(49)44-24-8-13-30-50(44)62/h1-39H. The highest BCUT2D eigenvalue weighted by Gasteiger charge is 2.51. The zero-order valence-electron chi connectivity index (χ0n) is 35.3. The third-order valence-corrected chi connectivity index (χ3v) is 16.7. The Morgan fingerprint density at radius 3 is 1.55 bits per heavy atom. The number of anilines is 3. The first-order valence-corrected chi connectivity index (χ1v) is 24.1. The lowest BCUT2D eigenvalue weighted by Gasteiger charge is -2.41. The van der Waals surface area contributed by atoms with Crippen molar-refractivity contribution in [1.82, 2.24) is 0 Å². The van der Waals surface area contributed by atoms with Crippen molar-refractivity contribution in [2.24, 2.45) is 0 Å². The maximum atomic E-state index is 2.62. The van der Waals surface area contributed by atoms with Crippen LogP contribution in [0.3, 0.4) is 0 Å². The average molecular weight is 862 g/mol. The molecule has 1 nitrogen and oxygen atoms in total. The molecule has 0 radical (unpaired) electrons. The molecular weight excluding hydrogens is 823 g/mol. The smallest absolute Gasteiger partial charge is 0.0736 e. The van der Waals surface area contributed by atoms with E-state index in [4.69, 9.17) is 0 Å². The number of hydrogen-bond donors (Lipinski definition) is 0. The Kier molecular flexibility index (Phi) is 7.99. The van der Waals surface area contributed by atoms with Crippen LogP contribution in [-0.2, 0) is 10.8 Å². The Labute approximate surface area is 386 Å². The van der Waals surface area contributed by atoms with Crippen LogP contribution in [0.5, 0.6) is 0 Å². The van der Waals surface area contributed by atoms with Gasteiger partial charge < -0.3 is 4.90 Å². The van der Waals surface area contributed by atoms with Crippen LogP contribution < -0.4 is 4.90 Å². The summed E-state index contributed by atoms with van der Waals surface area (Å²) in [6.07, 6.45) is 0. The molecule has 3 aliphatic rings. The number of rotatable bonds is 5. The monoisotopic (exact) mass is 861 g/mol. The molecule has 65 heavy (non-hydrogen) atoms. The summed E-state index contributed by atoms with van der Waals surface area (Å²) in [5.41, 5.74) is 17.9. The Balaban J connectivity index is 1.13. The second-order valence-corrected chi connectivity index (χ2v) is 19.6. The lowest BCUT2D eigenvalue weighted by molar-refractivity contribution is 0.722. The fourth-order valence-corrected chi connectivity index (χ4v) is 14.3. The number of fused-ring (bicyclic) bond motifs is 15. The van der Waals surface area contributed by atoms with Crippen LogP contribution in [0.2, 0.25) is 0 Å². The molecule has 14 rings (SSSR count). The molecule has 2 aliphatic carbocycles. The van der Waals surface area contributed by atoms with Gasteiger partial charge in [0.05, 0.1) is 22.2 Å². The molecule has 2 heterocycles. The minimum atomic E-state index is -0.610. The quantitative estimate of drug-likeness (QED) is 0.170. The normalized spacial score (nSPS) is 14.3. The highest BCUT2D eigenvalue weighted by atomic mass is 32.2. The van der Waals surface area contributed by atoms with Crippen LogP contribution >= 0.6 is 23.1 Å². The summed E-state index contributed by atoms with van der Waals surface area (Å²) in [5.74, 6) is 0. The lowest BCUT2D eigenvalue weighted by Crippen LogP contribution is -2.32. The SMILES string of the molecule is c1ccc(C2(c3ccccc3)c3ccccc3-c3cccc(N(c4ccc5c(c4)C4(c6ccccc6S5)c5ccccc5-c5ccccc54)c4cccc5sc6ccccc6c45)c32)cc1. The third kappa shape index (κ3) is 4.95. The first-order valence-electron chi connectivity index (χ1n) is 22.4. The molecule has 0 amide bonds. The van der Waals surface area contributed by atoms with Crippen molar-refractivity contribution >= 4 is 60.3 Å². The molecule has 0 saturated carbocycles. The van der Waals surface area contributed by atoms with E-state index in [0.717, 1.165) is 5.69 Å². The molecule has 3 heteroatoms. The van der Waals surface area contributed by atoms with E-state index in [0.29, 0.717) is 0 Å². The number of thiophene rings is 1. The van der Waals surface area contributed by atoms with Crippen LogP contribution in [0.25, 0.3) is 42.4 Å². The van der Waals surface area contributed by atoms with Gasteiger partial charge in [-0.15, -0.1) is 11.3 Å². The van der Waals surface area contributed by atoms with Crippen molar-refractivity contribution in [3.05, 3.63) is 281 Å². The Bertz CT molecular complexity index is 3630. The summed E-state index contributed by atoms with van der Waals surface area (Å²) in [6, 6.07) is 89.1. The maximum Gasteiger partial charge on any atom is 0.0736 e. The second kappa shape index (κ2) is 14.0. The van der Waals surface area contributed by atoms with E-state index in [1.54, 1.807) is 0 Å². The van der Waals surface area contributed by atoms with E-state index in [1.165, 1.54) is 108 Å². The van der Waals surface area contributed by atoms with Gasteiger partial charge in [-0.3, -0.25) is 0 Å². The minimum Gasteiger partial charge on any atom is -0.309 e. The second-order valence-electron chi connectivity index (χ2n) is 17.4. The molecule has 1 aliphatic heterocycles. The van der Waals surface area contributed by atoms with E-state index >= 15 is 0 Å². The summed E-state index contributed by atoms with van der Waals surface area (Å²) in [4.78, 5) is 5.21. The first kappa shape index (κ1) is 37.0. The van der Waals surface area contributed by atoms with E-state index < -0.39 is 10.8 Å². The molecule has 304 valence electrons. The minimum absolute atomic E-state index is 0.514. The Hall–Kier alpha value is -7.43. The van der Waals surface area contributed by atoms with Gasteiger partial charge in [0.2, 0.25) is 0 Å². The highest BCUT2D eigenvalue weighted by molar-refractivity contribution is 7.99. The molecule has 0 bridgehead atoms. The van der Waals surface area contributed by atoms with Crippen LogP contribution in [-0.4, -0.2) is 0 Å². The first-order chi connectivity index (χ1) is 32.3. The van der Waals surface area contributed by atoms with Crippen LogP contribution in [0.4, 0.5) is 17.1 Å². The van der Waals surface area contributed by atoms with Crippen molar-refractivity contribution in [1.29, 1.82) is 0 Å². The molecule has 0 N–H and O–H groups in total. The van der Waals surface area contributed by atoms with Gasteiger partial charge in [-0.05, 0) is 110 Å². The third-order valence-electron chi connectivity index (χ3n) is 14.4. The van der Waals surface area contributed by atoms with E-state index in [-0.39, 0.29) is 0 Å². The van der Waals surface area contributed by atoms with Gasteiger partial charge >= 0.3 is 0 Å². The Morgan fingerprint density at radius 1 is 0.338 bits per heavy atom. The molecule has 11 aromatic rings. The number of benzene rings is 10. The maximum absolute atomic E-state index is 2.62. The molecule has 0 saturated heterocycles. The fraction of sp³-hybridized carbons (Fsp3) is 0.0323. The average Bonchev–Trinajstić information content (AvgIpc) is 4.01. The zero-order chi connectivity index (χ0) is 42.7. The van der Waals surface area contributed by atoms with Crippen molar-refractivity contribution in [2.75, 3.05) is 4.90 Å². The molecule has 10 aromatic carbocycles. The molecule has 0 atom stereocenters. The summed E-state index contributed by atoms with van der Waals surface area (Å²) >= 11 is 3.78. The zero-order valence-corrected chi connectivity index (χ0v) is 36.9. The Morgan fingerprint density at radius 2 is 0.846 bits per heavy atom. The van der Waals surface area contributed by atoms with E-state index in [2.05, 4.69) is 241 Å². The molecular formula is C62H39NS2. The summed E-state index contributed by atoms with van der Waals surface area (Å²) in [6.45, 7) is 0. The molecule has 0 unspecified atom stereocenters. The van der Waals surface area contributed by atoms with Gasteiger partial charge in [0.1, 0.15) is 0 Å². The fourth-order valence-electron chi connectivity index (χ4n) is 12.0.